The van der Waals surface area contributed by atoms with Gasteiger partial charge in [0.25, 0.3) is 11.7 Å². The van der Waals surface area contributed by atoms with Gasteiger partial charge in [0.15, 0.2) is 0 Å². The molecule has 7 nitrogen and oxygen atoms in total. The lowest BCUT2D eigenvalue weighted by Gasteiger charge is -2.28. The maximum atomic E-state index is 13.0. The van der Waals surface area contributed by atoms with Gasteiger partial charge in [0.2, 0.25) is 0 Å². The normalized spacial score (nSPS) is 18.1. The molecular formula is C24H29N3O4. The second-order valence-electron chi connectivity index (χ2n) is 7.27. The average molecular weight is 424 g/mol. The van der Waals surface area contributed by atoms with Crippen LogP contribution in [0.15, 0.2) is 54.4 Å². The zero-order chi connectivity index (χ0) is 22.4. The summed E-state index contributed by atoms with van der Waals surface area (Å²) in [5.74, 6) is -0.921. The summed E-state index contributed by atoms with van der Waals surface area (Å²) < 4.78 is 5.52. The molecule has 1 aliphatic heterocycles. The number of aliphatic hydroxyl groups is 1. The molecule has 1 N–H and O–H groups in total. The average Bonchev–Trinajstić information content (AvgIpc) is 3.05. The van der Waals surface area contributed by atoms with Crippen LogP contribution in [0.5, 0.6) is 5.75 Å². The molecule has 0 saturated carbocycles. The predicted molar refractivity (Wildman–Crippen MR) is 119 cm³/mol. The number of carbonyl (C=O) groups is 2. The van der Waals surface area contributed by atoms with Gasteiger partial charge < -0.3 is 19.6 Å². The molecule has 2 heterocycles. The van der Waals surface area contributed by atoms with Crippen molar-refractivity contribution in [3.63, 3.8) is 0 Å². The number of amides is 1. The van der Waals surface area contributed by atoms with Crippen molar-refractivity contribution in [1.82, 2.24) is 14.8 Å². The second-order valence-corrected chi connectivity index (χ2v) is 7.27. The van der Waals surface area contributed by atoms with Crippen molar-refractivity contribution >= 4 is 17.4 Å². The van der Waals surface area contributed by atoms with Crippen molar-refractivity contribution in [2.24, 2.45) is 0 Å². The highest BCUT2D eigenvalue weighted by molar-refractivity contribution is 6.46. The third-order valence-corrected chi connectivity index (χ3v) is 5.51. The van der Waals surface area contributed by atoms with Gasteiger partial charge in [-0.1, -0.05) is 32.0 Å². The lowest BCUT2D eigenvalue weighted by Crippen LogP contribution is -2.38. The monoisotopic (exact) mass is 423 g/mol. The number of ether oxygens (including phenoxy) is 1. The minimum absolute atomic E-state index is 0.0752. The Kier molecular flexibility index (Phi) is 7.41. The largest absolute Gasteiger partial charge is 0.507 e. The van der Waals surface area contributed by atoms with Gasteiger partial charge in [-0.2, -0.15) is 0 Å². The Labute approximate surface area is 183 Å². The predicted octanol–water partition coefficient (Wildman–Crippen LogP) is 3.24. The van der Waals surface area contributed by atoms with Gasteiger partial charge in [0, 0.05) is 31.0 Å². The Hall–Kier alpha value is -3.19. The number of likely N-dealkylation sites (N-methyl/N-ethyl adjacent to an activating group) is 1. The van der Waals surface area contributed by atoms with Crippen LogP contribution in [0.4, 0.5) is 0 Å². The van der Waals surface area contributed by atoms with E-state index >= 15 is 0 Å². The summed E-state index contributed by atoms with van der Waals surface area (Å²) in [5.41, 5.74) is 1.19. The lowest BCUT2D eigenvalue weighted by atomic mass is 9.96. The number of rotatable bonds is 9. The molecule has 3 rings (SSSR count). The van der Waals surface area contributed by atoms with Crippen LogP contribution in [0, 0.1) is 0 Å². The van der Waals surface area contributed by atoms with Crippen LogP contribution < -0.4 is 4.74 Å². The fourth-order valence-electron chi connectivity index (χ4n) is 3.84. The fraction of sp³-hybridized carbons (Fsp3) is 0.375. The first-order chi connectivity index (χ1) is 15.0. The van der Waals surface area contributed by atoms with Crippen LogP contribution in [0.2, 0.25) is 0 Å². The van der Waals surface area contributed by atoms with Crippen LogP contribution in [-0.2, 0) is 9.59 Å². The van der Waals surface area contributed by atoms with Crippen LogP contribution in [0.1, 0.15) is 37.9 Å². The Morgan fingerprint density at radius 1 is 1.16 bits per heavy atom. The van der Waals surface area contributed by atoms with Crippen LogP contribution in [0.3, 0.4) is 0 Å². The van der Waals surface area contributed by atoms with Gasteiger partial charge in [-0.05, 0) is 43.8 Å². The topological polar surface area (TPSA) is 83.0 Å². The minimum Gasteiger partial charge on any atom is -0.507 e. The molecule has 1 aromatic heterocycles. The molecule has 0 spiro atoms. The van der Waals surface area contributed by atoms with Gasteiger partial charge in [-0.25, -0.2) is 0 Å². The number of pyridine rings is 1. The molecule has 0 aliphatic carbocycles. The van der Waals surface area contributed by atoms with Gasteiger partial charge in [0.1, 0.15) is 11.5 Å². The Morgan fingerprint density at radius 3 is 2.58 bits per heavy atom. The van der Waals surface area contributed by atoms with Crippen molar-refractivity contribution in [3.05, 3.63) is 65.5 Å². The smallest absolute Gasteiger partial charge is 0.295 e. The van der Waals surface area contributed by atoms with E-state index in [-0.39, 0.29) is 11.3 Å². The zero-order valence-corrected chi connectivity index (χ0v) is 18.2. The molecule has 1 aromatic carbocycles. The molecule has 7 heteroatoms. The number of carbonyl (C=O) groups excluding carboxylic acids is 2. The zero-order valence-electron chi connectivity index (χ0n) is 18.2. The number of benzene rings is 1. The minimum atomic E-state index is -0.694. The first-order valence-electron chi connectivity index (χ1n) is 10.7. The van der Waals surface area contributed by atoms with E-state index < -0.39 is 17.7 Å². The summed E-state index contributed by atoms with van der Waals surface area (Å²) in [4.78, 5) is 33.9. The summed E-state index contributed by atoms with van der Waals surface area (Å²) in [6, 6.07) is 9.77. The number of aromatic nitrogens is 1. The van der Waals surface area contributed by atoms with Crippen molar-refractivity contribution in [2.45, 2.75) is 26.8 Å². The van der Waals surface area contributed by atoms with Crippen molar-refractivity contribution in [1.29, 1.82) is 0 Å². The number of hydrogen-bond acceptors (Lipinski definition) is 6. The fourth-order valence-corrected chi connectivity index (χ4v) is 3.84. The van der Waals surface area contributed by atoms with Gasteiger partial charge >= 0.3 is 0 Å². The van der Waals surface area contributed by atoms with Crippen LogP contribution in [0.25, 0.3) is 5.76 Å². The molecular weight excluding hydrogens is 394 g/mol. The quantitative estimate of drug-likeness (QED) is 0.379. The van der Waals surface area contributed by atoms with E-state index in [1.54, 1.807) is 42.7 Å². The third-order valence-electron chi connectivity index (χ3n) is 5.51. The highest BCUT2D eigenvalue weighted by atomic mass is 16.5. The van der Waals surface area contributed by atoms with E-state index in [0.717, 1.165) is 13.1 Å². The summed E-state index contributed by atoms with van der Waals surface area (Å²) in [6.45, 7) is 9.18. The van der Waals surface area contributed by atoms with E-state index in [0.29, 0.717) is 36.6 Å². The first kappa shape index (κ1) is 22.5. The number of Topliss-reactive ketones (excluding diaryl/α,β-unsaturated/α-hetero) is 1. The van der Waals surface area contributed by atoms with E-state index in [1.165, 1.54) is 4.90 Å². The summed E-state index contributed by atoms with van der Waals surface area (Å²) >= 11 is 0. The standard InChI is InChI=1S/C24H29N3O4/c1-4-26(5-2)13-14-27-21(18-10-8-12-25-16-18)20(23(29)24(27)30)22(28)17-9-7-11-19(15-17)31-6-3/h7-12,15-16,21,28H,4-6,13-14H2,1-3H3/b22-20+. The van der Waals surface area contributed by atoms with Crippen LogP contribution >= 0.6 is 0 Å². The molecule has 1 atom stereocenters. The number of aliphatic hydroxyl groups excluding tert-OH is 1. The summed E-state index contributed by atoms with van der Waals surface area (Å²) in [6.07, 6.45) is 3.27. The van der Waals surface area contributed by atoms with Crippen molar-refractivity contribution in [2.75, 3.05) is 32.8 Å². The number of hydrogen-bond donors (Lipinski definition) is 1. The summed E-state index contributed by atoms with van der Waals surface area (Å²) in [5, 5.41) is 11.1. The van der Waals surface area contributed by atoms with E-state index in [1.807, 2.05) is 13.0 Å². The van der Waals surface area contributed by atoms with Gasteiger partial charge in [0.05, 0.1) is 18.2 Å². The molecule has 1 amide bonds. The molecule has 1 aliphatic rings. The number of ketones is 1. The van der Waals surface area contributed by atoms with Crippen molar-refractivity contribution in [3.8, 4) is 5.75 Å². The van der Waals surface area contributed by atoms with Crippen molar-refractivity contribution < 1.29 is 19.4 Å². The number of likely N-dealkylation sites (tertiary alicyclic amines) is 1. The van der Waals surface area contributed by atoms with Gasteiger partial charge in [-0.15, -0.1) is 0 Å². The maximum Gasteiger partial charge on any atom is 0.295 e. The highest BCUT2D eigenvalue weighted by Crippen LogP contribution is 2.39. The molecule has 0 bridgehead atoms. The van der Waals surface area contributed by atoms with E-state index in [4.69, 9.17) is 4.74 Å². The molecule has 1 saturated heterocycles. The molecule has 1 unspecified atom stereocenters. The lowest BCUT2D eigenvalue weighted by molar-refractivity contribution is -0.140. The first-order valence-corrected chi connectivity index (χ1v) is 10.7. The Morgan fingerprint density at radius 2 is 1.94 bits per heavy atom. The van der Waals surface area contributed by atoms with E-state index in [2.05, 4.69) is 23.7 Å². The second kappa shape index (κ2) is 10.2. The molecule has 164 valence electrons. The SMILES string of the molecule is CCOc1cccc(/C(O)=C2\C(=O)C(=O)N(CCN(CC)CC)C2c2cccnc2)c1. The number of nitrogens with zero attached hydrogens (tertiary/aromatic N) is 3. The molecule has 31 heavy (non-hydrogen) atoms. The molecule has 0 radical (unpaired) electrons. The Bertz CT molecular complexity index is 954. The molecule has 1 fully saturated rings. The van der Waals surface area contributed by atoms with Gasteiger partial charge in [-0.3, -0.25) is 14.6 Å². The summed E-state index contributed by atoms with van der Waals surface area (Å²) in [7, 11) is 0. The maximum absolute atomic E-state index is 13.0. The highest BCUT2D eigenvalue weighted by Gasteiger charge is 2.46. The van der Waals surface area contributed by atoms with Crippen LogP contribution in [-0.4, -0.2) is 64.4 Å². The Balaban J connectivity index is 2.06. The van der Waals surface area contributed by atoms with E-state index in [9.17, 15) is 14.7 Å². The molecule has 2 aromatic rings. The third kappa shape index (κ3) is 4.77.